The zero-order chi connectivity index (χ0) is 16.8. The Morgan fingerprint density at radius 1 is 1.35 bits per heavy atom. The molecule has 0 fully saturated rings. The molecule has 1 heterocycles. The van der Waals surface area contributed by atoms with Gasteiger partial charge in [0, 0.05) is 12.3 Å². The Bertz CT molecular complexity index is 697. The molecule has 0 spiro atoms. The maximum absolute atomic E-state index is 12.0. The largest absolute Gasteiger partial charge is 0.483 e. The molecule has 23 heavy (non-hydrogen) atoms. The van der Waals surface area contributed by atoms with Crippen LogP contribution in [0.1, 0.15) is 49.2 Å². The molecule has 0 aliphatic carbocycles. The number of nitrogens with zero attached hydrogens (tertiary/aromatic N) is 1. The summed E-state index contributed by atoms with van der Waals surface area (Å²) in [5.74, 6) is 0.667. The molecule has 0 saturated heterocycles. The third kappa shape index (κ3) is 4.63. The Kier molecular flexibility index (Phi) is 5.87. The minimum Gasteiger partial charge on any atom is -0.483 e. The summed E-state index contributed by atoms with van der Waals surface area (Å²) in [6.07, 6.45) is 1.000. The van der Waals surface area contributed by atoms with E-state index in [9.17, 15) is 9.59 Å². The van der Waals surface area contributed by atoms with Gasteiger partial charge in [0.2, 0.25) is 0 Å². The van der Waals surface area contributed by atoms with Gasteiger partial charge in [0.25, 0.3) is 5.91 Å². The molecule has 6 heteroatoms. The first-order chi connectivity index (χ1) is 11.0. The Morgan fingerprint density at radius 3 is 2.74 bits per heavy atom. The van der Waals surface area contributed by atoms with Crippen LogP contribution >= 0.6 is 11.3 Å². The van der Waals surface area contributed by atoms with Gasteiger partial charge in [-0.2, -0.15) is 0 Å². The number of amides is 1. The molecule has 2 aromatic rings. The second-order valence-electron chi connectivity index (χ2n) is 5.28. The lowest BCUT2D eigenvalue weighted by Gasteiger charge is -2.15. The van der Waals surface area contributed by atoms with Crippen molar-refractivity contribution >= 4 is 28.2 Å². The Hall–Kier alpha value is -2.21. The van der Waals surface area contributed by atoms with Crippen LogP contribution in [0.2, 0.25) is 0 Å². The zero-order valence-electron chi connectivity index (χ0n) is 13.5. The first kappa shape index (κ1) is 17.1. The number of ketones is 1. The topological polar surface area (TPSA) is 68.3 Å². The van der Waals surface area contributed by atoms with Crippen LogP contribution < -0.4 is 10.1 Å². The van der Waals surface area contributed by atoms with Gasteiger partial charge in [0.15, 0.2) is 17.5 Å². The molecule has 1 atom stereocenters. The normalized spacial score (nSPS) is 11.8. The second-order valence-corrected chi connectivity index (χ2v) is 6.14. The van der Waals surface area contributed by atoms with Gasteiger partial charge in [-0.25, -0.2) is 4.98 Å². The quantitative estimate of drug-likeness (QED) is 0.781. The maximum Gasteiger partial charge on any atom is 0.264 e. The molecule has 1 aromatic heterocycles. The third-order valence-electron chi connectivity index (χ3n) is 3.53. The van der Waals surface area contributed by atoms with Crippen LogP contribution in [0.5, 0.6) is 5.75 Å². The van der Waals surface area contributed by atoms with Gasteiger partial charge in [-0.05, 0) is 24.0 Å². The van der Waals surface area contributed by atoms with Gasteiger partial charge in [-0.3, -0.25) is 14.9 Å². The molecule has 0 unspecified atom stereocenters. The average molecular weight is 332 g/mol. The summed E-state index contributed by atoms with van der Waals surface area (Å²) >= 11 is 1.22. The molecule has 1 aromatic carbocycles. The number of hydrogen-bond acceptors (Lipinski definition) is 5. The van der Waals surface area contributed by atoms with Crippen molar-refractivity contribution in [2.24, 2.45) is 0 Å². The van der Waals surface area contributed by atoms with Crippen molar-refractivity contribution in [3.63, 3.8) is 0 Å². The van der Waals surface area contributed by atoms with Crippen molar-refractivity contribution in [3.05, 3.63) is 40.9 Å². The lowest BCUT2D eigenvalue weighted by atomic mass is 9.98. The van der Waals surface area contributed by atoms with Crippen LogP contribution in [-0.2, 0) is 4.79 Å². The molecule has 0 aliphatic rings. The molecular formula is C17H20N2O3S. The molecule has 2 rings (SSSR count). The van der Waals surface area contributed by atoms with E-state index < -0.39 is 0 Å². The van der Waals surface area contributed by atoms with Crippen molar-refractivity contribution in [2.45, 2.75) is 33.1 Å². The molecule has 122 valence electrons. The molecule has 5 nitrogen and oxygen atoms in total. The number of carbonyl (C=O) groups excluding carboxylic acids is 2. The van der Waals surface area contributed by atoms with E-state index >= 15 is 0 Å². The number of thiazole rings is 1. The minimum atomic E-state index is -0.298. The summed E-state index contributed by atoms with van der Waals surface area (Å²) in [5.41, 5.74) is 1.45. The van der Waals surface area contributed by atoms with Crippen LogP contribution in [-0.4, -0.2) is 23.3 Å². The van der Waals surface area contributed by atoms with Crippen molar-refractivity contribution in [3.8, 4) is 5.75 Å². The van der Waals surface area contributed by atoms with Gasteiger partial charge in [-0.15, -0.1) is 11.3 Å². The van der Waals surface area contributed by atoms with Gasteiger partial charge in [0.1, 0.15) is 11.4 Å². The first-order valence-electron chi connectivity index (χ1n) is 7.49. The number of rotatable bonds is 7. The molecule has 0 saturated carbocycles. The van der Waals surface area contributed by atoms with E-state index in [0.717, 1.165) is 17.7 Å². The highest BCUT2D eigenvalue weighted by atomic mass is 32.1. The van der Waals surface area contributed by atoms with Crippen molar-refractivity contribution < 1.29 is 14.3 Å². The van der Waals surface area contributed by atoms with Crippen LogP contribution in [0.4, 0.5) is 5.13 Å². The highest BCUT2D eigenvalue weighted by Gasteiger charge is 2.13. The molecule has 1 N–H and O–H groups in total. The third-order valence-corrected chi connectivity index (χ3v) is 4.29. The van der Waals surface area contributed by atoms with E-state index in [1.54, 1.807) is 5.38 Å². The summed E-state index contributed by atoms with van der Waals surface area (Å²) in [5, 5.41) is 4.67. The minimum absolute atomic E-state index is 0.0948. The number of anilines is 1. The van der Waals surface area contributed by atoms with Crippen molar-refractivity contribution in [2.75, 3.05) is 11.9 Å². The number of para-hydroxylation sites is 1. The maximum atomic E-state index is 12.0. The van der Waals surface area contributed by atoms with Crippen molar-refractivity contribution in [1.29, 1.82) is 0 Å². The number of nitrogens with one attached hydrogen (secondary N) is 1. The highest BCUT2D eigenvalue weighted by molar-refractivity contribution is 7.14. The second kappa shape index (κ2) is 7.87. The number of carbonyl (C=O) groups is 2. The van der Waals surface area contributed by atoms with Crippen molar-refractivity contribution in [1.82, 2.24) is 4.98 Å². The van der Waals surface area contributed by atoms with Gasteiger partial charge in [0.05, 0.1) is 0 Å². The van der Waals surface area contributed by atoms with E-state index in [2.05, 4.69) is 24.1 Å². The smallest absolute Gasteiger partial charge is 0.264 e. The predicted molar refractivity (Wildman–Crippen MR) is 91.4 cm³/mol. The van der Waals surface area contributed by atoms with E-state index in [1.165, 1.54) is 18.3 Å². The SMILES string of the molecule is CC[C@H](C)c1ccccc1OCC(=O)Nc1nc(C(C)=O)cs1. The van der Waals surface area contributed by atoms with Crippen LogP contribution in [0, 0.1) is 0 Å². The summed E-state index contributed by atoms with van der Waals surface area (Å²) in [6, 6.07) is 7.74. The Labute approximate surface area is 139 Å². The number of Topliss-reactive ketones (excluding diaryl/α,β-unsaturated/α-hetero) is 1. The molecular weight excluding hydrogens is 312 g/mol. The van der Waals surface area contributed by atoms with Gasteiger partial charge < -0.3 is 4.74 Å². The van der Waals surface area contributed by atoms with E-state index in [4.69, 9.17) is 4.74 Å². The van der Waals surface area contributed by atoms with E-state index in [0.29, 0.717) is 16.7 Å². The summed E-state index contributed by atoms with van der Waals surface area (Å²) in [7, 11) is 0. The molecule has 1 amide bonds. The standard InChI is InChI=1S/C17H20N2O3S/c1-4-11(2)13-7-5-6-8-15(13)22-9-16(21)19-17-18-14(10-23-17)12(3)20/h5-8,10-11H,4,9H2,1-3H3,(H,18,19,21)/t11-/m0/s1. The molecule has 0 aliphatic heterocycles. The average Bonchev–Trinajstić information content (AvgIpc) is 3.01. The van der Waals surface area contributed by atoms with E-state index in [-0.39, 0.29) is 18.3 Å². The van der Waals surface area contributed by atoms with Gasteiger partial charge in [-0.1, -0.05) is 32.0 Å². The summed E-state index contributed by atoms with van der Waals surface area (Å²) in [4.78, 5) is 27.2. The van der Waals surface area contributed by atoms with Crippen LogP contribution in [0.3, 0.4) is 0 Å². The summed E-state index contributed by atoms with van der Waals surface area (Å²) in [6.45, 7) is 5.59. The first-order valence-corrected chi connectivity index (χ1v) is 8.37. The van der Waals surface area contributed by atoms with Crippen LogP contribution in [0.25, 0.3) is 0 Å². The zero-order valence-corrected chi connectivity index (χ0v) is 14.3. The number of ether oxygens (including phenoxy) is 1. The Balaban J connectivity index is 1.95. The highest BCUT2D eigenvalue weighted by Crippen LogP contribution is 2.28. The monoisotopic (exact) mass is 332 g/mol. The van der Waals surface area contributed by atoms with E-state index in [1.807, 2.05) is 24.3 Å². The summed E-state index contributed by atoms with van der Waals surface area (Å²) < 4.78 is 5.65. The molecule has 0 bridgehead atoms. The fourth-order valence-electron chi connectivity index (χ4n) is 2.03. The Morgan fingerprint density at radius 2 is 2.09 bits per heavy atom. The lowest BCUT2D eigenvalue weighted by Crippen LogP contribution is -2.20. The fraction of sp³-hybridized carbons (Fsp3) is 0.353. The predicted octanol–water partition coefficient (Wildman–Crippen LogP) is 3.88. The number of benzene rings is 1. The molecule has 0 radical (unpaired) electrons. The number of hydrogen-bond donors (Lipinski definition) is 1. The number of aromatic nitrogens is 1. The lowest BCUT2D eigenvalue weighted by molar-refractivity contribution is -0.118. The van der Waals surface area contributed by atoms with Gasteiger partial charge >= 0.3 is 0 Å². The van der Waals surface area contributed by atoms with Crippen LogP contribution in [0.15, 0.2) is 29.6 Å². The fourth-order valence-corrected chi connectivity index (χ4v) is 2.80.